The number of carbonyl (C=O) groups is 3. The normalized spacial score (nSPS) is 17.3. The van der Waals surface area contributed by atoms with Crippen LogP contribution < -0.4 is 15.8 Å². The first kappa shape index (κ1) is 16.3. The minimum absolute atomic E-state index is 0.0949. The van der Waals surface area contributed by atoms with Crippen molar-refractivity contribution in [2.45, 2.75) is 13.3 Å². The molecule has 1 fully saturated rings. The minimum Gasteiger partial charge on any atom is -0.449 e. The Morgan fingerprint density at radius 2 is 2.09 bits per heavy atom. The van der Waals surface area contributed by atoms with Crippen LogP contribution in [0, 0.1) is 5.92 Å². The molecule has 1 saturated heterocycles. The molecule has 0 spiro atoms. The molecule has 8 heteroatoms. The lowest BCUT2D eigenvalue weighted by Gasteiger charge is -2.18. The molecule has 3 amide bonds. The molecule has 1 aromatic carbocycles. The van der Waals surface area contributed by atoms with Crippen LogP contribution in [0.15, 0.2) is 28.7 Å². The van der Waals surface area contributed by atoms with E-state index in [2.05, 4.69) is 31.5 Å². The molecule has 1 aromatic rings. The van der Waals surface area contributed by atoms with E-state index in [-0.39, 0.29) is 25.5 Å². The maximum absolute atomic E-state index is 12.1. The standard InChI is InChI=1S/C14H16BrN3O4/c1-2-22-14(21)17-16-13(20)9-7-12(19)18(8-9)11-6-4-3-5-10(11)15/h3-6,9H,2,7-8H2,1H3,(H,16,20)(H,17,21)/t9-/m1/s1. The summed E-state index contributed by atoms with van der Waals surface area (Å²) in [5.74, 6) is -1.08. The molecule has 1 aliphatic rings. The highest BCUT2D eigenvalue weighted by Gasteiger charge is 2.35. The first-order chi connectivity index (χ1) is 10.5. The Hall–Kier alpha value is -2.09. The van der Waals surface area contributed by atoms with Crippen LogP contribution >= 0.6 is 15.9 Å². The molecule has 2 N–H and O–H groups in total. The lowest BCUT2D eigenvalue weighted by atomic mass is 10.1. The zero-order chi connectivity index (χ0) is 16.1. The van der Waals surface area contributed by atoms with Crippen molar-refractivity contribution in [1.82, 2.24) is 10.9 Å². The molecule has 118 valence electrons. The maximum atomic E-state index is 12.1. The van der Waals surface area contributed by atoms with E-state index in [9.17, 15) is 14.4 Å². The van der Waals surface area contributed by atoms with E-state index in [0.717, 1.165) is 10.2 Å². The zero-order valence-electron chi connectivity index (χ0n) is 12.0. The minimum atomic E-state index is -0.733. The van der Waals surface area contributed by atoms with Gasteiger partial charge >= 0.3 is 6.09 Å². The summed E-state index contributed by atoms with van der Waals surface area (Å²) >= 11 is 3.39. The van der Waals surface area contributed by atoms with Crippen LogP contribution in [0.1, 0.15) is 13.3 Å². The average molecular weight is 370 g/mol. The van der Waals surface area contributed by atoms with E-state index in [0.29, 0.717) is 0 Å². The highest BCUT2D eigenvalue weighted by Crippen LogP contribution is 2.31. The predicted octanol–water partition coefficient (Wildman–Crippen LogP) is 1.58. The van der Waals surface area contributed by atoms with Gasteiger partial charge in [-0.25, -0.2) is 10.2 Å². The maximum Gasteiger partial charge on any atom is 0.426 e. The van der Waals surface area contributed by atoms with E-state index in [1.54, 1.807) is 17.9 Å². The Morgan fingerprint density at radius 1 is 1.36 bits per heavy atom. The van der Waals surface area contributed by atoms with Gasteiger partial charge in [-0.1, -0.05) is 12.1 Å². The Kier molecular flexibility index (Phi) is 5.37. The van der Waals surface area contributed by atoms with Crippen LogP contribution in [0.5, 0.6) is 0 Å². The number of anilines is 1. The van der Waals surface area contributed by atoms with Crippen molar-refractivity contribution in [2.24, 2.45) is 5.92 Å². The summed E-state index contributed by atoms with van der Waals surface area (Å²) in [5.41, 5.74) is 5.13. The first-order valence-corrected chi connectivity index (χ1v) is 7.59. The third-order valence-electron chi connectivity index (χ3n) is 3.20. The summed E-state index contributed by atoms with van der Waals surface area (Å²) in [6.07, 6.45) is -0.639. The molecule has 0 saturated carbocycles. The van der Waals surface area contributed by atoms with E-state index >= 15 is 0 Å². The highest BCUT2D eigenvalue weighted by molar-refractivity contribution is 9.10. The van der Waals surface area contributed by atoms with E-state index in [1.807, 2.05) is 18.2 Å². The van der Waals surface area contributed by atoms with Gasteiger partial charge in [0.05, 0.1) is 18.2 Å². The number of carbonyl (C=O) groups excluding carboxylic acids is 3. The van der Waals surface area contributed by atoms with Gasteiger partial charge in [-0.2, -0.15) is 0 Å². The zero-order valence-corrected chi connectivity index (χ0v) is 13.6. The van der Waals surface area contributed by atoms with Crippen LogP contribution in [0.3, 0.4) is 0 Å². The fourth-order valence-electron chi connectivity index (χ4n) is 2.17. The predicted molar refractivity (Wildman–Crippen MR) is 82.9 cm³/mol. The largest absolute Gasteiger partial charge is 0.449 e. The van der Waals surface area contributed by atoms with Crippen LogP contribution in [0.2, 0.25) is 0 Å². The van der Waals surface area contributed by atoms with Crippen molar-refractivity contribution in [2.75, 3.05) is 18.1 Å². The number of hydrazine groups is 1. The van der Waals surface area contributed by atoms with Crippen molar-refractivity contribution < 1.29 is 19.1 Å². The molecule has 1 aliphatic heterocycles. The molecule has 1 atom stereocenters. The van der Waals surface area contributed by atoms with Crippen LogP contribution in [0.25, 0.3) is 0 Å². The molecule has 0 aromatic heterocycles. The molecule has 0 unspecified atom stereocenters. The van der Waals surface area contributed by atoms with Gasteiger partial charge in [-0.05, 0) is 35.0 Å². The van der Waals surface area contributed by atoms with Crippen molar-refractivity contribution >= 4 is 39.5 Å². The van der Waals surface area contributed by atoms with E-state index in [4.69, 9.17) is 0 Å². The van der Waals surface area contributed by atoms with E-state index < -0.39 is 17.9 Å². The molecule has 1 heterocycles. The van der Waals surface area contributed by atoms with Gasteiger partial charge in [0.1, 0.15) is 0 Å². The number of hydrogen-bond donors (Lipinski definition) is 2. The van der Waals surface area contributed by atoms with Crippen molar-refractivity contribution in [1.29, 1.82) is 0 Å². The number of halogens is 1. The first-order valence-electron chi connectivity index (χ1n) is 6.80. The quantitative estimate of drug-likeness (QED) is 0.791. The molecule has 0 radical (unpaired) electrons. The SMILES string of the molecule is CCOC(=O)NNC(=O)[C@@H]1CC(=O)N(c2ccccc2Br)C1. The fraction of sp³-hybridized carbons (Fsp3) is 0.357. The molecular formula is C14H16BrN3O4. The lowest BCUT2D eigenvalue weighted by Crippen LogP contribution is -2.45. The monoisotopic (exact) mass is 369 g/mol. The molecule has 22 heavy (non-hydrogen) atoms. The molecule has 2 rings (SSSR count). The molecule has 0 bridgehead atoms. The topological polar surface area (TPSA) is 87.7 Å². The highest BCUT2D eigenvalue weighted by atomic mass is 79.9. The summed E-state index contributed by atoms with van der Waals surface area (Å²) in [4.78, 5) is 36.8. The van der Waals surface area contributed by atoms with Crippen molar-refractivity contribution in [3.05, 3.63) is 28.7 Å². The second-order valence-electron chi connectivity index (χ2n) is 4.69. The van der Waals surface area contributed by atoms with Gasteiger partial charge in [0, 0.05) is 17.4 Å². The number of benzene rings is 1. The summed E-state index contributed by atoms with van der Waals surface area (Å²) in [5, 5.41) is 0. The number of para-hydroxylation sites is 1. The molecular weight excluding hydrogens is 354 g/mol. The average Bonchev–Trinajstić information content (AvgIpc) is 2.87. The van der Waals surface area contributed by atoms with Gasteiger partial charge in [-0.15, -0.1) is 0 Å². The van der Waals surface area contributed by atoms with E-state index in [1.165, 1.54) is 0 Å². The van der Waals surface area contributed by atoms with Crippen LogP contribution in [-0.4, -0.2) is 31.1 Å². The second kappa shape index (κ2) is 7.26. The Labute approximate surface area is 136 Å². The van der Waals surface area contributed by atoms with Gasteiger partial charge in [0.25, 0.3) is 0 Å². The Bertz CT molecular complexity index is 593. The number of amides is 3. The summed E-state index contributed by atoms with van der Waals surface area (Å²) < 4.78 is 5.42. The number of ether oxygens (including phenoxy) is 1. The molecule has 7 nitrogen and oxygen atoms in total. The number of hydrogen-bond acceptors (Lipinski definition) is 4. The lowest BCUT2D eigenvalue weighted by molar-refractivity contribution is -0.127. The second-order valence-corrected chi connectivity index (χ2v) is 5.55. The Balaban J connectivity index is 1.96. The van der Waals surface area contributed by atoms with Crippen LogP contribution in [-0.2, 0) is 14.3 Å². The van der Waals surface area contributed by atoms with Crippen molar-refractivity contribution in [3.8, 4) is 0 Å². The summed E-state index contributed by atoms with van der Waals surface area (Å²) in [6, 6.07) is 7.31. The summed E-state index contributed by atoms with van der Waals surface area (Å²) in [6.45, 7) is 2.13. The number of rotatable bonds is 3. The van der Waals surface area contributed by atoms with Crippen molar-refractivity contribution in [3.63, 3.8) is 0 Å². The van der Waals surface area contributed by atoms with Gasteiger partial charge in [0.15, 0.2) is 0 Å². The third-order valence-corrected chi connectivity index (χ3v) is 3.87. The fourth-order valence-corrected chi connectivity index (χ4v) is 2.67. The van der Waals surface area contributed by atoms with Crippen LogP contribution in [0.4, 0.5) is 10.5 Å². The summed E-state index contributed by atoms with van der Waals surface area (Å²) in [7, 11) is 0. The van der Waals surface area contributed by atoms with Gasteiger partial charge in [-0.3, -0.25) is 15.0 Å². The Morgan fingerprint density at radius 3 is 2.77 bits per heavy atom. The number of nitrogens with one attached hydrogen (secondary N) is 2. The van der Waals surface area contributed by atoms with Gasteiger partial charge in [0.2, 0.25) is 11.8 Å². The number of nitrogens with zero attached hydrogens (tertiary/aromatic N) is 1. The molecule has 0 aliphatic carbocycles. The third kappa shape index (κ3) is 3.76. The van der Waals surface area contributed by atoms with Gasteiger partial charge < -0.3 is 9.64 Å². The smallest absolute Gasteiger partial charge is 0.426 e.